The Hall–Kier alpha value is -2.70. The van der Waals surface area contributed by atoms with Gasteiger partial charge in [-0.05, 0) is 11.1 Å². The van der Waals surface area contributed by atoms with Gasteiger partial charge in [0.25, 0.3) is 0 Å². The molecule has 2 amide bonds. The molecule has 30 heavy (non-hydrogen) atoms. The summed E-state index contributed by atoms with van der Waals surface area (Å²) in [4.78, 5) is 28.8. The van der Waals surface area contributed by atoms with Crippen molar-refractivity contribution < 1.29 is 9.59 Å². The van der Waals surface area contributed by atoms with E-state index >= 15 is 0 Å². The van der Waals surface area contributed by atoms with Crippen LogP contribution >= 0.6 is 0 Å². The van der Waals surface area contributed by atoms with E-state index in [1.807, 2.05) is 60.7 Å². The number of hydrogen-bond donors (Lipinski definition) is 2. The number of nitrogens with zero attached hydrogens (tertiary/aromatic N) is 2. The van der Waals surface area contributed by atoms with Crippen LogP contribution in [0.5, 0.6) is 0 Å². The number of carbonyl (C=O) groups is 2. The van der Waals surface area contributed by atoms with Gasteiger partial charge in [0, 0.05) is 52.4 Å². The minimum absolute atomic E-state index is 0.0751. The van der Waals surface area contributed by atoms with Gasteiger partial charge >= 0.3 is 0 Å². The molecule has 0 aromatic heterocycles. The number of amides is 2. The Morgan fingerprint density at radius 1 is 0.633 bits per heavy atom. The van der Waals surface area contributed by atoms with Crippen LogP contribution in [0.2, 0.25) is 0 Å². The predicted molar refractivity (Wildman–Crippen MR) is 119 cm³/mol. The zero-order valence-electron chi connectivity index (χ0n) is 17.6. The van der Waals surface area contributed by atoms with Crippen LogP contribution in [0.4, 0.5) is 0 Å². The van der Waals surface area contributed by atoms with Gasteiger partial charge in [-0.2, -0.15) is 0 Å². The highest BCUT2D eigenvalue weighted by Crippen LogP contribution is 2.02. The molecule has 1 aliphatic heterocycles. The fraction of sp³-hybridized carbons (Fsp3) is 0.417. The molecule has 0 atom stereocenters. The van der Waals surface area contributed by atoms with Crippen LogP contribution in [-0.2, 0) is 22.4 Å². The molecule has 2 N–H and O–H groups in total. The molecule has 2 aromatic carbocycles. The first-order valence-electron chi connectivity index (χ1n) is 10.7. The fourth-order valence-corrected chi connectivity index (χ4v) is 3.63. The molecule has 0 saturated carbocycles. The molecule has 0 aliphatic carbocycles. The molecule has 1 saturated heterocycles. The topological polar surface area (TPSA) is 64.7 Å². The molecule has 0 spiro atoms. The highest BCUT2D eigenvalue weighted by Gasteiger charge is 2.16. The third-order valence-electron chi connectivity index (χ3n) is 5.38. The van der Waals surface area contributed by atoms with Crippen molar-refractivity contribution >= 4 is 11.8 Å². The third-order valence-corrected chi connectivity index (χ3v) is 5.38. The van der Waals surface area contributed by atoms with E-state index in [9.17, 15) is 9.59 Å². The lowest BCUT2D eigenvalue weighted by molar-refractivity contribution is -0.121. The third kappa shape index (κ3) is 7.97. The molecule has 1 aliphatic rings. The molecular weight excluding hydrogens is 376 g/mol. The number of rotatable bonds is 10. The van der Waals surface area contributed by atoms with Crippen LogP contribution in [0.25, 0.3) is 0 Å². The van der Waals surface area contributed by atoms with E-state index in [4.69, 9.17) is 0 Å². The summed E-state index contributed by atoms with van der Waals surface area (Å²) in [5.74, 6) is 0.150. The number of piperazine rings is 1. The highest BCUT2D eigenvalue weighted by atomic mass is 16.2. The number of benzene rings is 2. The molecule has 3 rings (SSSR count). The molecular formula is C24H32N4O2. The summed E-state index contributed by atoms with van der Waals surface area (Å²) in [7, 11) is 0. The van der Waals surface area contributed by atoms with E-state index in [2.05, 4.69) is 20.4 Å². The van der Waals surface area contributed by atoms with Gasteiger partial charge in [0.2, 0.25) is 11.8 Å². The van der Waals surface area contributed by atoms with E-state index in [-0.39, 0.29) is 11.8 Å². The smallest absolute Gasteiger partial charge is 0.224 e. The van der Waals surface area contributed by atoms with Crippen LogP contribution in [0.3, 0.4) is 0 Å². The van der Waals surface area contributed by atoms with Crippen LogP contribution in [0.1, 0.15) is 11.1 Å². The van der Waals surface area contributed by atoms with Crippen molar-refractivity contribution in [3.8, 4) is 0 Å². The second kappa shape index (κ2) is 12.1. The van der Waals surface area contributed by atoms with E-state index in [0.29, 0.717) is 25.9 Å². The summed E-state index contributed by atoms with van der Waals surface area (Å²) >= 11 is 0. The Balaban J connectivity index is 1.22. The normalized spacial score (nSPS) is 14.9. The highest BCUT2D eigenvalue weighted by molar-refractivity contribution is 5.78. The summed E-state index contributed by atoms with van der Waals surface area (Å²) in [6.07, 6.45) is 0.870. The number of hydrogen-bond acceptors (Lipinski definition) is 4. The van der Waals surface area contributed by atoms with Gasteiger partial charge in [-0.1, -0.05) is 60.7 Å². The average molecular weight is 409 g/mol. The van der Waals surface area contributed by atoms with Gasteiger partial charge in [0.15, 0.2) is 0 Å². The van der Waals surface area contributed by atoms with Gasteiger partial charge in [-0.15, -0.1) is 0 Å². The lowest BCUT2D eigenvalue weighted by Gasteiger charge is -2.34. The van der Waals surface area contributed by atoms with E-state index in [1.165, 1.54) is 0 Å². The Labute approximate surface area is 179 Å². The van der Waals surface area contributed by atoms with Crippen molar-refractivity contribution in [3.63, 3.8) is 0 Å². The molecule has 0 unspecified atom stereocenters. The number of nitrogens with one attached hydrogen (secondary N) is 2. The monoisotopic (exact) mass is 408 g/mol. The molecule has 2 aromatic rings. The maximum atomic E-state index is 12.0. The summed E-state index contributed by atoms with van der Waals surface area (Å²) in [5.41, 5.74) is 2.08. The molecule has 160 valence electrons. The summed E-state index contributed by atoms with van der Waals surface area (Å²) < 4.78 is 0. The molecule has 6 nitrogen and oxygen atoms in total. The SMILES string of the molecule is O=C(Cc1ccccc1)NCCN1CCN(CCNC(=O)Cc2ccccc2)CC1. The molecule has 6 heteroatoms. The van der Waals surface area contributed by atoms with Gasteiger partial charge in [-0.3, -0.25) is 19.4 Å². The largest absolute Gasteiger partial charge is 0.355 e. The Bertz CT molecular complexity index is 707. The van der Waals surface area contributed by atoms with Crippen molar-refractivity contribution in [1.82, 2.24) is 20.4 Å². The maximum absolute atomic E-state index is 12.0. The minimum Gasteiger partial charge on any atom is -0.355 e. The van der Waals surface area contributed by atoms with Crippen molar-refractivity contribution in [2.24, 2.45) is 0 Å². The van der Waals surface area contributed by atoms with Crippen molar-refractivity contribution in [1.29, 1.82) is 0 Å². The Morgan fingerprint density at radius 2 is 1.00 bits per heavy atom. The zero-order valence-corrected chi connectivity index (χ0v) is 17.6. The second-order valence-electron chi connectivity index (χ2n) is 7.71. The van der Waals surface area contributed by atoms with Crippen LogP contribution < -0.4 is 10.6 Å². The van der Waals surface area contributed by atoms with Crippen LogP contribution in [-0.4, -0.2) is 74.0 Å². The predicted octanol–water partition coefficient (Wildman–Crippen LogP) is 1.32. The van der Waals surface area contributed by atoms with Gasteiger partial charge < -0.3 is 10.6 Å². The Kier molecular flexibility index (Phi) is 8.87. The second-order valence-corrected chi connectivity index (χ2v) is 7.71. The van der Waals surface area contributed by atoms with Crippen molar-refractivity contribution in [3.05, 3.63) is 71.8 Å². The first-order chi connectivity index (χ1) is 14.7. The van der Waals surface area contributed by atoms with E-state index in [1.54, 1.807) is 0 Å². The minimum atomic E-state index is 0.0751. The molecule has 0 bridgehead atoms. The Morgan fingerprint density at radius 3 is 1.37 bits per heavy atom. The zero-order chi connectivity index (χ0) is 21.0. The van der Waals surface area contributed by atoms with E-state index < -0.39 is 0 Å². The van der Waals surface area contributed by atoms with Crippen molar-refractivity contribution in [2.45, 2.75) is 12.8 Å². The standard InChI is InChI=1S/C24H32N4O2/c29-23(19-21-7-3-1-4-8-21)25-11-13-27-15-17-28(18-16-27)14-12-26-24(30)20-22-9-5-2-6-10-22/h1-10H,11-20H2,(H,25,29)(H,26,30). The lowest BCUT2D eigenvalue weighted by atomic mass is 10.1. The molecule has 1 heterocycles. The first kappa shape index (κ1) is 22.0. The van der Waals surface area contributed by atoms with Gasteiger partial charge in [0.1, 0.15) is 0 Å². The molecule has 1 fully saturated rings. The maximum Gasteiger partial charge on any atom is 0.224 e. The first-order valence-corrected chi connectivity index (χ1v) is 10.7. The van der Waals surface area contributed by atoms with Gasteiger partial charge in [-0.25, -0.2) is 0 Å². The number of carbonyl (C=O) groups excluding carboxylic acids is 2. The summed E-state index contributed by atoms with van der Waals surface area (Å²) in [6.45, 7) is 7.09. The van der Waals surface area contributed by atoms with Gasteiger partial charge in [0.05, 0.1) is 12.8 Å². The van der Waals surface area contributed by atoms with E-state index in [0.717, 1.165) is 50.4 Å². The quantitative estimate of drug-likeness (QED) is 0.622. The van der Waals surface area contributed by atoms with Crippen molar-refractivity contribution in [2.75, 3.05) is 52.4 Å². The fourth-order valence-electron chi connectivity index (χ4n) is 3.63. The molecule has 0 radical (unpaired) electrons. The summed E-state index contributed by atoms with van der Waals surface area (Å²) in [6, 6.07) is 19.6. The summed E-state index contributed by atoms with van der Waals surface area (Å²) in [5, 5.41) is 6.03. The average Bonchev–Trinajstić information content (AvgIpc) is 2.76. The van der Waals surface area contributed by atoms with Crippen LogP contribution in [0, 0.1) is 0 Å². The van der Waals surface area contributed by atoms with Crippen LogP contribution in [0.15, 0.2) is 60.7 Å². The lowest BCUT2D eigenvalue weighted by Crippen LogP contribution is -2.50.